The number of aliphatic hydroxyl groups excluding tert-OH is 8. The molecule has 2 aliphatic heterocycles. The molecule has 0 aromatic carbocycles. The molecule has 1 aromatic heterocycles. The summed E-state index contributed by atoms with van der Waals surface area (Å²) in [4.78, 5) is 0.887. The Hall–Kier alpha value is -0.700. The highest BCUT2D eigenvalue weighted by Gasteiger charge is 2.46. The number of hydrogen-bond acceptors (Lipinski definition) is 11. The highest BCUT2D eigenvalue weighted by molar-refractivity contribution is 7.12. The summed E-state index contributed by atoms with van der Waals surface area (Å²) in [6.45, 7) is 2.90. The number of rotatable bonds is 4. The van der Waals surface area contributed by atoms with E-state index in [0.717, 1.165) is 11.3 Å². The molecule has 2 aliphatic rings. The van der Waals surface area contributed by atoms with Gasteiger partial charge in [-0.3, -0.25) is 0 Å². The van der Waals surface area contributed by atoms with Crippen molar-refractivity contribution in [3.05, 3.63) is 21.9 Å². The van der Waals surface area contributed by atoms with Crippen molar-refractivity contribution in [3.8, 4) is 0 Å². The molecule has 2 fully saturated rings. The second-order valence-corrected chi connectivity index (χ2v) is 7.89. The van der Waals surface area contributed by atoms with Crippen molar-refractivity contribution in [1.29, 1.82) is 0 Å². The summed E-state index contributed by atoms with van der Waals surface area (Å²) in [5.41, 5.74) is 0. The van der Waals surface area contributed by atoms with Crippen LogP contribution in [-0.2, 0) is 9.47 Å². The molecule has 10 atom stereocenters. The molecular weight excluding hydrogens is 408 g/mol. The van der Waals surface area contributed by atoms with E-state index in [0.29, 0.717) is 9.75 Å². The van der Waals surface area contributed by atoms with Gasteiger partial charge in [0.15, 0.2) is 0 Å². The van der Waals surface area contributed by atoms with E-state index in [4.69, 9.17) is 9.47 Å². The number of hydrogen-bond donors (Lipinski definition) is 8. The molecule has 8 N–H and O–H groups in total. The smallest absolute Gasteiger partial charge is 0.121 e. The number of ether oxygens (including phenoxy) is 2. The predicted molar refractivity (Wildman–Crippen MR) is 101 cm³/mol. The van der Waals surface area contributed by atoms with Crippen LogP contribution in [0.4, 0.5) is 0 Å². The molecule has 0 aliphatic carbocycles. The topological polar surface area (TPSA) is 180 Å². The Morgan fingerprint density at radius 3 is 1.31 bits per heavy atom. The van der Waals surface area contributed by atoms with Gasteiger partial charge in [-0.25, -0.2) is 0 Å². The summed E-state index contributed by atoms with van der Waals surface area (Å²) < 4.78 is 11.0. The summed E-state index contributed by atoms with van der Waals surface area (Å²) in [7, 11) is 0. The van der Waals surface area contributed by atoms with Gasteiger partial charge in [-0.05, 0) is 12.1 Å². The molecule has 3 rings (SSSR count). The first-order chi connectivity index (χ1) is 13.8. The molecule has 0 saturated carbocycles. The summed E-state index contributed by atoms with van der Waals surface area (Å²) in [5.74, 6) is 0. The zero-order chi connectivity index (χ0) is 21.9. The Morgan fingerprint density at radius 2 is 1.00 bits per heavy atom. The van der Waals surface area contributed by atoms with E-state index in [1.807, 2.05) is 13.8 Å². The van der Waals surface area contributed by atoms with Crippen molar-refractivity contribution < 1.29 is 50.3 Å². The molecule has 168 valence electrons. The van der Waals surface area contributed by atoms with Crippen LogP contribution in [0.3, 0.4) is 0 Å². The maximum absolute atomic E-state index is 10.2. The van der Waals surface area contributed by atoms with Crippen molar-refractivity contribution >= 4 is 11.3 Å². The van der Waals surface area contributed by atoms with Crippen LogP contribution in [0.25, 0.3) is 0 Å². The average molecular weight is 438 g/mol. The van der Waals surface area contributed by atoms with Crippen molar-refractivity contribution in [3.63, 3.8) is 0 Å². The lowest BCUT2D eigenvalue weighted by Crippen LogP contribution is -2.55. The number of aliphatic hydroxyl groups is 8. The van der Waals surface area contributed by atoms with Gasteiger partial charge in [0.2, 0.25) is 0 Å². The van der Waals surface area contributed by atoms with Crippen LogP contribution in [0.1, 0.15) is 35.8 Å². The fourth-order valence-electron chi connectivity index (χ4n) is 3.35. The van der Waals surface area contributed by atoms with Gasteiger partial charge in [0, 0.05) is 9.75 Å². The lowest BCUT2D eigenvalue weighted by Gasteiger charge is -2.40. The second kappa shape index (κ2) is 10.6. The number of thiophene rings is 1. The van der Waals surface area contributed by atoms with Gasteiger partial charge in [-0.1, -0.05) is 13.8 Å². The minimum atomic E-state index is -1.52. The van der Waals surface area contributed by atoms with E-state index in [1.54, 1.807) is 12.1 Å². The highest BCUT2D eigenvalue weighted by atomic mass is 32.1. The van der Waals surface area contributed by atoms with Crippen LogP contribution < -0.4 is 0 Å². The Kier molecular flexibility index (Phi) is 8.94. The highest BCUT2D eigenvalue weighted by Crippen LogP contribution is 2.40. The van der Waals surface area contributed by atoms with Crippen molar-refractivity contribution in [2.24, 2.45) is 0 Å². The van der Waals surface area contributed by atoms with E-state index >= 15 is 0 Å². The molecular formula is C18H30O10S. The van der Waals surface area contributed by atoms with Crippen molar-refractivity contribution in [2.45, 2.75) is 74.9 Å². The molecule has 0 amide bonds. The third-order valence-corrected chi connectivity index (χ3v) is 6.20. The fraction of sp³-hybridized carbons (Fsp3) is 0.778. The van der Waals surface area contributed by atoms with E-state index in [2.05, 4.69) is 0 Å². The summed E-state index contributed by atoms with van der Waals surface area (Å²) >= 11 is 1.07. The normalized spacial score (nSPS) is 42.8. The molecule has 2 saturated heterocycles. The van der Waals surface area contributed by atoms with E-state index in [-0.39, 0.29) is 0 Å². The van der Waals surface area contributed by atoms with E-state index in [1.165, 1.54) is 0 Å². The third-order valence-electron chi connectivity index (χ3n) is 4.99. The Morgan fingerprint density at radius 1 is 0.655 bits per heavy atom. The van der Waals surface area contributed by atoms with E-state index in [9.17, 15) is 40.9 Å². The van der Waals surface area contributed by atoms with Gasteiger partial charge in [0.1, 0.15) is 61.0 Å². The monoisotopic (exact) mass is 438 g/mol. The van der Waals surface area contributed by atoms with Gasteiger partial charge in [-0.15, -0.1) is 11.3 Å². The van der Waals surface area contributed by atoms with Gasteiger partial charge in [0.05, 0.1) is 13.2 Å². The van der Waals surface area contributed by atoms with E-state index < -0.39 is 74.3 Å². The molecule has 1 aromatic rings. The van der Waals surface area contributed by atoms with Crippen molar-refractivity contribution in [1.82, 2.24) is 0 Å². The molecule has 0 spiro atoms. The van der Waals surface area contributed by atoms with Crippen LogP contribution in [0.15, 0.2) is 12.1 Å². The maximum Gasteiger partial charge on any atom is 0.121 e. The quantitative estimate of drug-likeness (QED) is 0.257. The predicted octanol–water partition coefficient (Wildman–Crippen LogP) is -2.20. The molecule has 3 heterocycles. The van der Waals surface area contributed by atoms with Crippen LogP contribution in [0, 0.1) is 0 Å². The summed E-state index contributed by atoms with van der Waals surface area (Å²) in [6, 6.07) is 3.13. The van der Waals surface area contributed by atoms with Crippen LogP contribution in [0.2, 0.25) is 0 Å². The maximum atomic E-state index is 10.2. The van der Waals surface area contributed by atoms with Crippen molar-refractivity contribution in [2.75, 3.05) is 13.2 Å². The molecule has 0 bridgehead atoms. The second-order valence-electron chi connectivity index (χ2n) is 6.74. The Labute approximate surface area is 172 Å². The lowest BCUT2D eigenvalue weighted by molar-refractivity contribution is -0.231. The first-order valence-corrected chi connectivity index (χ1v) is 10.3. The largest absolute Gasteiger partial charge is 0.394 e. The molecule has 11 heteroatoms. The van der Waals surface area contributed by atoms with Crippen LogP contribution >= 0.6 is 11.3 Å². The Balaban J connectivity index is 0.00000145. The zero-order valence-corrected chi connectivity index (χ0v) is 17.0. The van der Waals surface area contributed by atoms with Gasteiger partial charge < -0.3 is 50.3 Å². The molecule has 29 heavy (non-hydrogen) atoms. The van der Waals surface area contributed by atoms with Crippen LogP contribution in [-0.4, -0.2) is 103 Å². The van der Waals surface area contributed by atoms with Crippen LogP contribution in [0.5, 0.6) is 0 Å². The van der Waals surface area contributed by atoms with Gasteiger partial charge in [-0.2, -0.15) is 0 Å². The average Bonchev–Trinajstić information content (AvgIpc) is 3.22. The fourth-order valence-corrected chi connectivity index (χ4v) is 4.51. The summed E-state index contributed by atoms with van der Waals surface area (Å²) in [6.07, 6.45) is -13.0. The minimum Gasteiger partial charge on any atom is -0.394 e. The van der Waals surface area contributed by atoms with Gasteiger partial charge >= 0.3 is 0 Å². The Bertz CT molecular complexity index is 573. The first-order valence-electron chi connectivity index (χ1n) is 9.50. The third kappa shape index (κ3) is 4.81. The SMILES string of the molecule is CC.OCC1O[C@H](c2ccc([C@H]3OC(CO)[C@@H](O)C(O)C3O)s2)C(O)C(O)[C@@H]1O. The zero-order valence-electron chi connectivity index (χ0n) is 16.1. The molecule has 10 nitrogen and oxygen atoms in total. The lowest BCUT2D eigenvalue weighted by atomic mass is 9.94. The minimum absolute atomic E-state index is 0.443. The first kappa shape index (κ1) is 24.6. The van der Waals surface area contributed by atoms with Gasteiger partial charge in [0.25, 0.3) is 0 Å². The molecule has 6 unspecified atom stereocenters. The standard InChI is InChI=1S/C16H24O10S.C2H6/c17-3-5-9(19)11(21)13(23)15(25-5)7-1-2-8(27-7)16-14(24)12(22)10(20)6(4-18)26-16;1-2/h1-2,5-6,9-24H,3-4H2;1-2H3/t5?,6?,9-,10-,11?,12?,13?,14?,15-,16-;/m1./s1. The molecule has 0 radical (unpaired) electrons. The summed E-state index contributed by atoms with van der Waals surface area (Å²) in [5, 5.41) is 78.5.